The Hall–Kier alpha value is -2.84. The summed E-state index contributed by atoms with van der Waals surface area (Å²) in [6.07, 6.45) is 3.17. The second kappa shape index (κ2) is 7.05. The Balaban J connectivity index is 1.81. The van der Waals surface area contributed by atoms with E-state index in [1.54, 1.807) is 43.1 Å². The van der Waals surface area contributed by atoms with Crippen molar-refractivity contribution < 1.29 is 13.2 Å². The van der Waals surface area contributed by atoms with E-state index in [9.17, 15) is 8.42 Å². The highest BCUT2D eigenvalue weighted by atomic mass is 32.2. The van der Waals surface area contributed by atoms with E-state index in [-0.39, 0.29) is 10.6 Å². The predicted molar refractivity (Wildman–Crippen MR) is 105 cm³/mol. The van der Waals surface area contributed by atoms with Crippen LogP contribution in [-0.4, -0.2) is 30.7 Å². The molecule has 4 rings (SSSR count). The number of rotatable bonds is 5. The molecule has 0 radical (unpaired) electrons. The Bertz CT molecular complexity index is 1210. The molecule has 0 amide bonds. The highest BCUT2D eigenvalue weighted by molar-refractivity contribution is 7.90. The van der Waals surface area contributed by atoms with Crippen LogP contribution in [0.2, 0.25) is 0 Å². The zero-order valence-electron chi connectivity index (χ0n) is 14.4. The van der Waals surface area contributed by atoms with Gasteiger partial charge in [0.05, 0.1) is 18.2 Å². The zero-order valence-corrected chi connectivity index (χ0v) is 16.0. The molecule has 0 unspecified atom stereocenters. The molecule has 2 heterocycles. The fraction of sp³-hybridized carbons (Fsp3) is 0.105. The summed E-state index contributed by atoms with van der Waals surface area (Å²) in [5.74, 6) is 0.563. The van der Waals surface area contributed by atoms with Crippen molar-refractivity contribution in [2.45, 2.75) is 10.6 Å². The van der Waals surface area contributed by atoms with Crippen LogP contribution in [0.3, 0.4) is 0 Å². The van der Waals surface area contributed by atoms with Gasteiger partial charge in [-0.2, -0.15) is 5.10 Å². The molecule has 0 aliphatic rings. The quantitative estimate of drug-likeness (QED) is 0.510. The van der Waals surface area contributed by atoms with Gasteiger partial charge in [-0.1, -0.05) is 18.2 Å². The topological polar surface area (TPSA) is 82.0 Å². The maximum absolute atomic E-state index is 12.7. The lowest BCUT2D eigenvalue weighted by Gasteiger charge is -2.10. The lowest BCUT2D eigenvalue weighted by molar-refractivity contribution is 0.416. The largest absolute Gasteiger partial charge is 0.496 e. The summed E-state index contributed by atoms with van der Waals surface area (Å²) in [4.78, 5) is 4.31. The van der Waals surface area contributed by atoms with Crippen molar-refractivity contribution in [2.24, 2.45) is 0 Å². The molecule has 0 aliphatic carbocycles. The van der Waals surface area contributed by atoms with Gasteiger partial charge < -0.3 is 4.74 Å². The van der Waals surface area contributed by atoms with Gasteiger partial charge in [0, 0.05) is 27.9 Å². The molecule has 0 N–H and O–H groups in total. The Labute approximate surface area is 160 Å². The van der Waals surface area contributed by atoms with Gasteiger partial charge in [-0.15, -0.1) is 16.4 Å². The van der Waals surface area contributed by atoms with Crippen LogP contribution in [0, 0.1) is 0 Å². The van der Waals surface area contributed by atoms with E-state index >= 15 is 0 Å². The maximum atomic E-state index is 12.7. The molecule has 0 saturated carbocycles. The third-order valence-corrected chi connectivity index (χ3v) is 6.74. The number of ether oxygens (including phenoxy) is 1. The lowest BCUT2D eigenvalue weighted by atomic mass is 10.0. The van der Waals surface area contributed by atoms with Gasteiger partial charge in [-0.3, -0.25) is 0 Å². The first-order chi connectivity index (χ1) is 13.1. The van der Waals surface area contributed by atoms with E-state index in [0.717, 1.165) is 10.9 Å². The van der Waals surface area contributed by atoms with Crippen molar-refractivity contribution >= 4 is 31.9 Å². The molecule has 0 atom stereocenters. The van der Waals surface area contributed by atoms with Crippen LogP contribution in [0.5, 0.6) is 5.75 Å². The third kappa shape index (κ3) is 3.41. The average molecular weight is 397 g/mol. The molecular formula is C19H15N3O3S2. The van der Waals surface area contributed by atoms with Crippen molar-refractivity contribution in [1.82, 2.24) is 15.2 Å². The van der Waals surface area contributed by atoms with Crippen LogP contribution in [0.25, 0.3) is 22.0 Å². The number of sulfone groups is 1. The summed E-state index contributed by atoms with van der Waals surface area (Å²) in [6, 6.07) is 12.5. The highest BCUT2D eigenvalue weighted by Crippen LogP contribution is 2.33. The average Bonchev–Trinajstić information content (AvgIpc) is 3.19. The number of benzene rings is 2. The van der Waals surface area contributed by atoms with Crippen LogP contribution in [0.1, 0.15) is 5.01 Å². The molecule has 0 saturated heterocycles. The minimum absolute atomic E-state index is 0.117. The Morgan fingerprint density at radius 2 is 2.00 bits per heavy atom. The highest BCUT2D eigenvalue weighted by Gasteiger charge is 2.19. The first kappa shape index (κ1) is 17.6. The summed E-state index contributed by atoms with van der Waals surface area (Å²) in [6.45, 7) is 0. The lowest BCUT2D eigenvalue weighted by Crippen LogP contribution is -2.05. The van der Waals surface area contributed by atoms with Gasteiger partial charge in [0.2, 0.25) is 0 Å². The third-order valence-electron chi connectivity index (χ3n) is 4.15. The normalized spacial score (nSPS) is 11.6. The molecule has 136 valence electrons. The summed E-state index contributed by atoms with van der Waals surface area (Å²) in [5, 5.41) is 12.1. The summed E-state index contributed by atoms with van der Waals surface area (Å²) < 4.78 is 30.8. The van der Waals surface area contributed by atoms with Gasteiger partial charge >= 0.3 is 0 Å². The van der Waals surface area contributed by atoms with Crippen LogP contribution in [-0.2, 0) is 15.6 Å². The van der Waals surface area contributed by atoms with Crippen molar-refractivity contribution in [3.8, 4) is 17.0 Å². The Kier molecular flexibility index (Phi) is 4.59. The van der Waals surface area contributed by atoms with E-state index in [1.165, 1.54) is 11.3 Å². The number of nitrogens with zero attached hydrogens (tertiary/aromatic N) is 3. The van der Waals surface area contributed by atoms with Crippen LogP contribution in [0.4, 0.5) is 0 Å². The number of fused-ring (bicyclic) bond motifs is 1. The number of aromatic nitrogens is 3. The molecule has 6 nitrogen and oxygen atoms in total. The van der Waals surface area contributed by atoms with Crippen LogP contribution >= 0.6 is 11.3 Å². The predicted octanol–water partition coefficient (Wildman–Crippen LogP) is 3.74. The molecule has 0 bridgehead atoms. The maximum Gasteiger partial charge on any atom is 0.184 e. The minimum Gasteiger partial charge on any atom is -0.496 e. The molecular weight excluding hydrogens is 382 g/mol. The van der Waals surface area contributed by atoms with Crippen molar-refractivity contribution in [3.63, 3.8) is 0 Å². The summed E-state index contributed by atoms with van der Waals surface area (Å²) in [7, 11) is -1.89. The van der Waals surface area contributed by atoms with Gasteiger partial charge in [0.1, 0.15) is 22.2 Å². The molecule has 27 heavy (non-hydrogen) atoms. The molecule has 0 fully saturated rings. The van der Waals surface area contributed by atoms with E-state index in [1.807, 2.05) is 24.3 Å². The molecule has 8 heteroatoms. The number of methoxy groups -OCH3 is 1. The number of hydrogen-bond acceptors (Lipinski definition) is 7. The number of hydrogen-bond donors (Lipinski definition) is 0. The molecule has 0 aliphatic heterocycles. The second-order valence-electron chi connectivity index (χ2n) is 5.83. The minimum atomic E-state index is -3.49. The van der Waals surface area contributed by atoms with E-state index in [2.05, 4.69) is 15.2 Å². The Morgan fingerprint density at radius 1 is 1.15 bits per heavy atom. The first-order valence-corrected chi connectivity index (χ1v) is 10.6. The first-order valence-electron chi connectivity index (χ1n) is 8.08. The monoisotopic (exact) mass is 397 g/mol. The van der Waals surface area contributed by atoms with Crippen molar-refractivity contribution in [3.05, 3.63) is 65.2 Å². The molecule has 2 aromatic carbocycles. The smallest absolute Gasteiger partial charge is 0.184 e. The van der Waals surface area contributed by atoms with Gasteiger partial charge in [0.25, 0.3) is 0 Å². The van der Waals surface area contributed by atoms with Crippen LogP contribution < -0.4 is 4.74 Å². The van der Waals surface area contributed by atoms with Crippen LogP contribution in [0.15, 0.2) is 65.1 Å². The summed E-state index contributed by atoms with van der Waals surface area (Å²) in [5.41, 5.74) is 1.45. The molecule has 0 spiro atoms. The second-order valence-corrected chi connectivity index (χ2v) is 8.80. The standard InChI is InChI=1S/C19H15N3O3S2/c1-25-17-5-3-2-4-16(17)19-15-7-6-14(10-13(15)11-21-22-19)27(23,24)12-18-20-8-9-26-18/h2-11H,12H2,1H3. The van der Waals surface area contributed by atoms with E-state index in [4.69, 9.17) is 4.74 Å². The zero-order chi connectivity index (χ0) is 18.9. The van der Waals surface area contributed by atoms with Crippen molar-refractivity contribution in [2.75, 3.05) is 7.11 Å². The van der Waals surface area contributed by atoms with Gasteiger partial charge in [-0.05, 0) is 24.3 Å². The molecule has 4 aromatic rings. The van der Waals surface area contributed by atoms with E-state index in [0.29, 0.717) is 21.8 Å². The van der Waals surface area contributed by atoms with Gasteiger partial charge in [-0.25, -0.2) is 13.4 Å². The number of para-hydroxylation sites is 1. The van der Waals surface area contributed by atoms with E-state index < -0.39 is 9.84 Å². The van der Waals surface area contributed by atoms with Gasteiger partial charge in [0.15, 0.2) is 9.84 Å². The fourth-order valence-electron chi connectivity index (χ4n) is 2.87. The number of thiazole rings is 1. The fourth-order valence-corrected chi connectivity index (χ4v) is 5.16. The molecule has 2 aromatic heterocycles. The summed E-state index contributed by atoms with van der Waals surface area (Å²) >= 11 is 1.33. The SMILES string of the molecule is COc1ccccc1-c1nncc2cc(S(=O)(=O)Cc3nccs3)ccc12. The van der Waals surface area contributed by atoms with Crippen molar-refractivity contribution in [1.29, 1.82) is 0 Å². The Morgan fingerprint density at radius 3 is 2.78 bits per heavy atom.